The van der Waals surface area contributed by atoms with Crippen molar-refractivity contribution >= 4 is 12.1 Å². The molecule has 21 heavy (non-hydrogen) atoms. The molecular weight excluding hydrogens is 268 g/mol. The van der Waals surface area contributed by atoms with Crippen LogP contribution in [0.5, 0.6) is 11.5 Å². The molecule has 0 saturated carbocycles. The molecule has 0 aromatic heterocycles. The maximum atomic E-state index is 11.8. The van der Waals surface area contributed by atoms with Crippen molar-refractivity contribution in [2.45, 2.75) is 0 Å². The van der Waals surface area contributed by atoms with Gasteiger partial charge in [-0.05, 0) is 24.3 Å². The van der Waals surface area contributed by atoms with Crippen molar-refractivity contribution < 1.29 is 14.3 Å². The smallest absolute Gasteiger partial charge is 0.271 e. The van der Waals surface area contributed by atoms with Gasteiger partial charge in [0, 0.05) is 11.1 Å². The zero-order chi connectivity index (χ0) is 15.1. The molecule has 0 saturated heterocycles. The van der Waals surface area contributed by atoms with Gasteiger partial charge in [0.05, 0.1) is 20.4 Å². The molecule has 0 bridgehead atoms. The summed E-state index contributed by atoms with van der Waals surface area (Å²) in [4.78, 5) is 11.8. The average molecular weight is 284 g/mol. The van der Waals surface area contributed by atoms with Gasteiger partial charge in [0.15, 0.2) is 11.5 Å². The van der Waals surface area contributed by atoms with E-state index < -0.39 is 0 Å². The Kier molecular flexibility index (Phi) is 4.93. The fourth-order valence-corrected chi connectivity index (χ4v) is 1.83. The SMILES string of the molecule is COc1cccc(/C=N\NC(=O)c2ccccc2)c1OC. The first-order valence-corrected chi connectivity index (χ1v) is 6.35. The van der Waals surface area contributed by atoms with Gasteiger partial charge in [-0.1, -0.05) is 24.3 Å². The lowest BCUT2D eigenvalue weighted by atomic mass is 10.2. The lowest BCUT2D eigenvalue weighted by molar-refractivity contribution is 0.0955. The van der Waals surface area contributed by atoms with Crippen LogP contribution in [0.1, 0.15) is 15.9 Å². The number of ether oxygens (including phenoxy) is 2. The Balaban J connectivity index is 2.10. The van der Waals surface area contributed by atoms with Crippen molar-refractivity contribution in [1.29, 1.82) is 0 Å². The van der Waals surface area contributed by atoms with Crippen molar-refractivity contribution in [3.8, 4) is 11.5 Å². The van der Waals surface area contributed by atoms with Crippen LogP contribution in [0.25, 0.3) is 0 Å². The monoisotopic (exact) mass is 284 g/mol. The summed E-state index contributed by atoms with van der Waals surface area (Å²) in [6.07, 6.45) is 1.52. The van der Waals surface area contributed by atoms with Crippen LogP contribution in [0.4, 0.5) is 0 Å². The van der Waals surface area contributed by atoms with Crippen LogP contribution in [0.2, 0.25) is 0 Å². The summed E-state index contributed by atoms with van der Waals surface area (Å²) in [6.45, 7) is 0. The van der Waals surface area contributed by atoms with E-state index in [9.17, 15) is 4.79 Å². The number of hydrogen-bond donors (Lipinski definition) is 1. The zero-order valence-corrected chi connectivity index (χ0v) is 11.9. The number of carbonyl (C=O) groups excluding carboxylic acids is 1. The Morgan fingerprint density at radius 1 is 1.05 bits per heavy atom. The Hall–Kier alpha value is -2.82. The second-order valence-electron chi connectivity index (χ2n) is 4.15. The van der Waals surface area contributed by atoms with E-state index in [-0.39, 0.29) is 5.91 Å². The molecule has 1 N–H and O–H groups in total. The number of carbonyl (C=O) groups is 1. The minimum absolute atomic E-state index is 0.270. The van der Waals surface area contributed by atoms with E-state index >= 15 is 0 Å². The highest BCUT2D eigenvalue weighted by Crippen LogP contribution is 2.29. The van der Waals surface area contributed by atoms with E-state index in [1.165, 1.54) is 6.21 Å². The van der Waals surface area contributed by atoms with Crippen LogP contribution >= 0.6 is 0 Å². The number of nitrogens with one attached hydrogen (secondary N) is 1. The van der Waals surface area contributed by atoms with E-state index in [1.807, 2.05) is 18.2 Å². The number of benzene rings is 2. The lowest BCUT2D eigenvalue weighted by Crippen LogP contribution is -2.17. The van der Waals surface area contributed by atoms with Gasteiger partial charge in [0.25, 0.3) is 5.91 Å². The molecule has 2 aromatic rings. The highest BCUT2D eigenvalue weighted by Gasteiger charge is 2.07. The molecule has 0 aliphatic rings. The molecule has 5 heteroatoms. The predicted octanol–water partition coefficient (Wildman–Crippen LogP) is 2.47. The summed E-state index contributed by atoms with van der Waals surface area (Å²) < 4.78 is 10.5. The fraction of sp³-hybridized carbons (Fsp3) is 0.125. The first-order chi connectivity index (χ1) is 10.3. The van der Waals surface area contributed by atoms with Crippen LogP contribution in [0.15, 0.2) is 53.6 Å². The van der Waals surface area contributed by atoms with E-state index in [4.69, 9.17) is 9.47 Å². The van der Waals surface area contributed by atoms with E-state index in [0.29, 0.717) is 22.6 Å². The van der Waals surface area contributed by atoms with Crippen LogP contribution in [-0.4, -0.2) is 26.3 Å². The van der Waals surface area contributed by atoms with Gasteiger partial charge in [-0.15, -0.1) is 0 Å². The van der Waals surface area contributed by atoms with Crippen molar-refractivity contribution in [3.05, 3.63) is 59.7 Å². The van der Waals surface area contributed by atoms with Crippen molar-refractivity contribution in [3.63, 3.8) is 0 Å². The second kappa shape index (κ2) is 7.09. The van der Waals surface area contributed by atoms with Crippen molar-refractivity contribution in [2.75, 3.05) is 14.2 Å². The van der Waals surface area contributed by atoms with Crippen molar-refractivity contribution in [2.24, 2.45) is 5.10 Å². The Labute approximate surface area is 123 Å². The van der Waals surface area contributed by atoms with Gasteiger partial charge < -0.3 is 9.47 Å². The summed E-state index contributed by atoms with van der Waals surface area (Å²) >= 11 is 0. The highest BCUT2D eigenvalue weighted by atomic mass is 16.5. The molecule has 1 amide bonds. The minimum Gasteiger partial charge on any atom is -0.493 e. The molecule has 0 fully saturated rings. The molecule has 0 aliphatic carbocycles. The first kappa shape index (κ1) is 14.6. The zero-order valence-electron chi connectivity index (χ0n) is 11.9. The first-order valence-electron chi connectivity index (χ1n) is 6.35. The highest BCUT2D eigenvalue weighted by molar-refractivity contribution is 5.95. The summed E-state index contributed by atoms with van der Waals surface area (Å²) in [6, 6.07) is 14.3. The number of methoxy groups -OCH3 is 2. The summed E-state index contributed by atoms with van der Waals surface area (Å²) in [5.74, 6) is 0.905. The number of hydrogen-bond acceptors (Lipinski definition) is 4. The summed E-state index contributed by atoms with van der Waals surface area (Å²) in [7, 11) is 3.12. The standard InChI is InChI=1S/C16H16N2O3/c1-20-14-10-6-9-13(15(14)21-2)11-17-18-16(19)12-7-4-3-5-8-12/h3-11H,1-2H3,(H,18,19)/b17-11-. The topological polar surface area (TPSA) is 59.9 Å². The van der Waals surface area contributed by atoms with Gasteiger partial charge in [0.2, 0.25) is 0 Å². The van der Waals surface area contributed by atoms with Crippen molar-refractivity contribution in [1.82, 2.24) is 5.43 Å². The van der Waals surface area contributed by atoms with Crippen LogP contribution in [0, 0.1) is 0 Å². The largest absolute Gasteiger partial charge is 0.493 e. The molecule has 2 rings (SSSR count). The van der Waals surface area contributed by atoms with Crippen LogP contribution in [0.3, 0.4) is 0 Å². The third-order valence-corrected chi connectivity index (χ3v) is 2.84. The molecule has 5 nitrogen and oxygen atoms in total. The molecule has 0 atom stereocenters. The maximum absolute atomic E-state index is 11.8. The molecule has 2 aromatic carbocycles. The van der Waals surface area contributed by atoms with E-state index in [0.717, 1.165) is 0 Å². The number of amides is 1. The quantitative estimate of drug-likeness (QED) is 0.677. The van der Waals surface area contributed by atoms with Gasteiger partial charge in [0.1, 0.15) is 0 Å². The van der Waals surface area contributed by atoms with Gasteiger partial charge >= 0.3 is 0 Å². The van der Waals surface area contributed by atoms with Gasteiger partial charge in [-0.25, -0.2) is 5.43 Å². The summed E-state index contributed by atoms with van der Waals surface area (Å²) in [5, 5.41) is 3.94. The second-order valence-corrected chi connectivity index (χ2v) is 4.15. The van der Waals surface area contributed by atoms with E-state index in [2.05, 4.69) is 10.5 Å². The molecule has 0 spiro atoms. The van der Waals surface area contributed by atoms with Crippen LogP contribution in [-0.2, 0) is 0 Å². The lowest BCUT2D eigenvalue weighted by Gasteiger charge is -2.09. The third-order valence-electron chi connectivity index (χ3n) is 2.84. The number of para-hydroxylation sites is 1. The fourth-order valence-electron chi connectivity index (χ4n) is 1.83. The molecular formula is C16H16N2O3. The number of nitrogens with zero attached hydrogens (tertiary/aromatic N) is 1. The normalized spacial score (nSPS) is 10.4. The Morgan fingerprint density at radius 3 is 2.48 bits per heavy atom. The minimum atomic E-state index is -0.270. The number of rotatable bonds is 5. The van der Waals surface area contributed by atoms with E-state index in [1.54, 1.807) is 44.6 Å². The summed E-state index contributed by atoms with van der Waals surface area (Å²) in [5.41, 5.74) is 3.73. The molecule has 0 heterocycles. The Bertz CT molecular complexity index is 639. The van der Waals surface area contributed by atoms with Gasteiger partial charge in [-0.2, -0.15) is 5.10 Å². The molecule has 0 unspecified atom stereocenters. The van der Waals surface area contributed by atoms with Crippen LogP contribution < -0.4 is 14.9 Å². The molecule has 0 aliphatic heterocycles. The average Bonchev–Trinajstić information content (AvgIpc) is 2.55. The Morgan fingerprint density at radius 2 is 1.81 bits per heavy atom. The predicted molar refractivity (Wildman–Crippen MR) is 81.0 cm³/mol. The molecule has 108 valence electrons. The third kappa shape index (κ3) is 3.60. The maximum Gasteiger partial charge on any atom is 0.271 e. The van der Waals surface area contributed by atoms with Gasteiger partial charge in [-0.3, -0.25) is 4.79 Å². The molecule has 0 radical (unpaired) electrons. The number of hydrazone groups is 1.